The summed E-state index contributed by atoms with van der Waals surface area (Å²) in [6.45, 7) is 4.77. The molecule has 1 nitrogen and oxygen atoms in total. The van der Waals surface area contributed by atoms with Gasteiger partial charge in [-0.2, -0.15) is 0 Å². The fourth-order valence-electron chi connectivity index (χ4n) is 6.17. The molecule has 2 saturated carbocycles. The number of fused-ring (bicyclic) bond motifs is 5. The number of hydrogen-bond donors (Lipinski definition) is 1. The minimum absolute atomic E-state index is 0.0203. The molecule has 0 spiro atoms. The highest BCUT2D eigenvalue weighted by molar-refractivity contribution is 9.11. The number of allylic oxidation sites excluding steroid dienone is 3. The fraction of sp³-hybridized carbons (Fsp3) is 0.667. The lowest BCUT2D eigenvalue weighted by Gasteiger charge is -2.54. The van der Waals surface area contributed by atoms with Gasteiger partial charge in [-0.25, -0.2) is 0 Å². The number of hydrogen-bond acceptors (Lipinski definition) is 1. The molecule has 4 aliphatic carbocycles. The monoisotopic (exact) mass is 374 g/mol. The molecule has 124 valence electrons. The molecule has 0 unspecified atom stereocenters. The Morgan fingerprint density at radius 3 is 2.91 bits per heavy atom. The maximum atomic E-state index is 11.3. The van der Waals surface area contributed by atoms with E-state index in [9.17, 15) is 5.11 Å². The normalized spacial score (nSPS) is 48.5. The third kappa shape index (κ3) is 2.01. The van der Waals surface area contributed by atoms with Crippen molar-refractivity contribution in [3.63, 3.8) is 0 Å². The highest BCUT2D eigenvalue weighted by atomic mass is 79.9. The molecule has 0 aromatic carbocycles. The summed E-state index contributed by atoms with van der Waals surface area (Å²) in [5.74, 6) is 1.26. The van der Waals surface area contributed by atoms with E-state index in [1.807, 2.05) is 11.1 Å². The van der Waals surface area contributed by atoms with Crippen molar-refractivity contribution < 1.29 is 5.11 Å². The van der Waals surface area contributed by atoms with Gasteiger partial charge in [-0.05, 0) is 79.5 Å². The van der Waals surface area contributed by atoms with E-state index in [4.69, 9.17) is 0 Å². The smallest absolute Gasteiger partial charge is 0.0894 e. The summed E-state index contributed by atoms with van der Waals surface area (Å²) < 4.78 is 0. The molecule has 5 atom stereocenters. The minimum atomic E-state index is -0.660. The van der Waals surface area contributed by atoms with E-state index in [0.29, 0.717) is 11.8 Å². The molecule has 0 aliphatic heterocycles. The summed E-state index contributed by atoms with van der Waals surface area (Å²) in [6.07, 6.45) is 14.6. The first-order chi connectivity index (χ1) is 10.9. The molecule has 0 aromatic heterocycles. The molecular formula is C21H27BrO. The van der Waals surface area contributed by atoms with Crippen LogP contribution in [0.15, 0.2) is 40.1 Å². The topological polar surface area (TPSA) is 20.2 Å². The molecule has 1 N–H and O–H groups in total. The van der Waals surface area contributed by atoms with Crippen LogP contribution in [-0.4, -0.2) is 10.7 Å². The Kier molecular flexibility index (Phi) is 3.61. The molecule has 0 saturated heterocycles. The predicted molar refractivity (Wildman–Crippen MR) is 98.2 cm³/mol. The lowest BCUT2D eigenvalue weighted by Crippen LogP contribution is -2.49. The first-order valence-electron chi connectivity index (χ1n) is 9.10. The Hall–Kier alpha value is -0.560. The van der Waals surface area contributed by atoms with E-state index in [-0.39, 0.29) is 10.8 Å². The standard InChI is InChI=1S/C21H27BrO/c1-19-10-4-3-5-15(19)6-7-16-17(19)8-11-20(2)18(16)9-12-21(20,23)13-14-22/h3,8,13-14,16,18,23H,4,6-7,9-12H2,1-2H3/t16-,18+,19+,20+,21+/m1/s1. The van der Waals surface area contributed by atoms with Crippen LogP contribution in [0.2, 0.25) is 0 Å². The van der Waals surface area contributed by atoms with Gasteiger partial charge >= 0.3 is 0 Å². The molecule has 2 heteroatoms. The largest absolute Gasteiger partial charge is 0.385 e. The van der Waals surface area contributed by atoms with Gasteiger partial charge in [0.25, 0.3) is 0 Å². The Labute approximate surface area is 148 Å². The van der Waals surface area contributed by atoms with Crippen LogP contribution in [-0.2, 0) is 0 Å². The summed E-state index contributed by atoms with van der Waals surface area (Å²) in [5, 5.41) is 11.3. The molecule has 0 bridgehead atoms. The van der Waals surface area contributed by atoms with Crippen LogP contribution in [0.25, 0.3) is 0 Å². The van der Waals surface area contributed by atoms with Crippen molar-refractivity contribution in [2.45, 2.75) is 64.4 Å². The van der Waals surface area contributed by atoms with Gasteiger partial charge in [-0.1, -0.05) is 41.4 Å². The van der Waals surface area contributed by atoms with Crippen LogP contribution in [0.1, 0.15) is 58.8 Å². The van der Waals surface area contributed by atoms with Gasteiger partial charge < -0.3 is 5.11 Å². The lowest BCUT2D eigenvalue weighted by atomic mass is 9.51. The van der Waals surface area contributed by atoms with E-state index < -0.39 is 5.60 Å². The number of rotatable bonds is 1. The van der Waals surface area contributed by atoms with Crippen LogP contribution in [0.3, 0.4) is 0 Å². The first-order valence-corrected chi connectivity index (χ1v) is 10.0. The van der Waals surface area contributed by atoms with E-state index in [1.165, 1.54) is 24.8 Å². The van der Waals surface area contributed by atoms with Crippen molar-refractivity contribution in [1.29, 1.82) is 0 Å². The second-order valence-electron chi connectivity index (χ2n) is 8.49. The van der Waals surface area contributed by atoms with Gasteiger partial charge in [0, 0.05) is 10.8 Å². The van der Waals surface area contributed by atoms with Crippen LogP contribution < -0.4 is 0 Å². The molecule has 0 heterocycles. The third-order valence-electron chi connectivity index (χ3n) is 7.69. The van der Waals surface area contributed by atoms with Gasteiger partial charge in [-0.15, -0.1) is 5.73 Å². The zero-order chi connectivity index (χ0) is 16.3. The molecule has 4 aliphatic rings. The molecule has 2 fully saturated rings. The maximum Gasteiger partial charge on any atom is 0.0894 e. The highest BCUT2D eigenvalue weighted by Gasteiger charge is 2.60. The average Bonchev–Trinajstić information content (AvgIpc) is 2.79. The van der Waals surface area contributed by atoms with E-state index >= 15 is 0 Å². The van der Waals surface area contributed by atoms with Crippen molar-refractivity contribution in [2.24, 2.45) is 22.7 Å². The molecule has 0 aromatic rings. The van der Waals surface area contributed by atoms with Gasteiger partial charge in [0.1, 0.15) is 0 Å². The Morgan fingerprint density at radius 1 is 1.30 bits per heavy atom. The second-order valence-corrected chi connectivity index (χ2v) is 9.01. The van der Waals surface area contributed by atoms with Gasteiger partial charge in [0.05, 0.1) is 5.60 Å². The minimum Gasteiger partial charge on any atom is -0.385 e. The van der Waals surface area contributed by atoms with E-state index in [2.05, 4.69) is 47.7 Å². The molecule has 4 rings (SSSR count). The molecule has 0 amide bonds. The van der Waals surface area contributed by atoms with Crippen molar-refractivity contribution >= 4 is 15.9 Å². The summed E-state index contributed by atoms with van der Waals surface area (Å²) in [4.78, 5) is 1.86. The van der Waals surface area contributed by atoms with Crippen molar-refractivity contribution in [2.75, 3.05) is 0 Å². The van der Waals surface area contributed by atoms with Crippen molar-refractivity contribution in [3.05, 3.63) is 40.1 Å². The van der Waals surface area contributed by atoms with Crippen LogP contribution >= 0.6 is 15.9 Å². The number of aliphatic hydroxyl groups is 1. The third-order valence-corrected chi connectivity index (χ3v) is 7.95. The van der Waals surface area contributed by atoms with Crippen LogP contribution in [0.5, 0.6) is 0 Å². The van der Waals surface area contributed by atoms with E-state index in [0.717, 1.165) is 25.7 Å². The van der Waals surface area contributed by atoms with Crippen LogP contribution in [0.4, 0.5) is 0 Å². The highest BCUT2D eigenvalue weighted by Crippen LogP contribution is 2.65. The SMILES string of the molecule is C[C@]12CCC=C=C1CC[C@@H]1C2=CC[C@@]2(C)[C@H]1CC[C@]2(O)C=CBr. The van der Waals surface area contributed by atoms with Gasteiger partial charge in [-0.3, -0.25) is 0 Å². The predicted octanol–water partition coefficient (Wildman–Crippen LogP) is 5.66. The van der Waals surface area contributed by atoms with Gasteiger partial charge in [0.2, 0.25) is 0 Å². The van der Waals surface area contributed by atoms with E-state index in [1.54, 1.807) is 5.57 Å². The first kappa shape index (κ1) is 15.9. The fourth-order valence-corrected chi connectivity index (χ4v) is 6.60. The van der Waals surface area contributed by atoms with Crippen molar-refractivity contribution in [1.82, 2.24) is 0 Å². The van der Waals surface area contributed by atoms with Crippen molar-refractivity contribution in [3.8, 4) is 0 Å². The number of halogens is 1. The van der Waals surface area contributed by atoms with Gasteiger partial charge in [0.15, 0.2) is 0 Å². The Bertz CT molecular complexity index is 653. The average molecular weight is 375 g/mol. The molecular weight excluding hydrogens is 348 g/mol. The zero-order valence-electron chi connectivity index (χ0n) is 14.2. The summed E-state index contributed by atoms with van der Waals surface area (Å²) >= 11 is 3.39. The van der Waals surface area contributed by atoms with Crippen LogP contribution in [0, 0.1) is 22.7 Å². The summed E-state index contributed by atoms with van der Waals surface area (Å²) in [7, 11) is 0. The molecule has 23 heavy (non-hydrogen) atoms. The summed E-state index contributed by atoms with van der Waals surface area (Å²) in [5.41, 5.74) is 6.35. The Morgan fingerprint density at radius 2 is 2.13 bits per heavy atom. The lowest BCUT2D eigenvalue weighted by molar-refractivity contribution is -0.0445. The zero-order valence-corrected chi connectivity index (χ0v) is 15.8. The second kappa shape index (κ2) is 5.22. The maximum absolute atomic E-state index is 11.3. The molecule has 0 radical (unpaired) electrons. The Balaban J connectivity index is 1.78. The summed E-state index contributed by atoms with van der Waals surface area (Å²) in [6, 6.07) is 0. The quantitative estimate of drug-likeness (QED) is 0.463.